The number of rotatable bonds is 7. The molecule has 0 bridgehead atoms. The Labute approximate surface area is 99.0 Å². The van der Waals surface area contributed by atoms with E-state index in [1.807, 2.05) is 6.92 Å². The number of hydrogen-bond acceptors (Lipinski definition) is 2. The molecule has 0 amide bonds. The number of nitrogens with one attached hydrogen (secondary N) is 1. The van der Waals surface area contributed by atoms with Crippen molar-refractivity contribution in [3.05, 3.63) is 35.4 Å². The molecule has 0 saturated carbocycles. The molecule has 0 aliphatic rings. The van der Waals surface area contributed by atoms with Gasteiger partial charge in [0.1, 0.15) is 0 Å². The van der Waals surface area contributed by atoms with Crippen LogP contribution in [0.5, 0.6) is 0 Å². The normalized spacial score (nSPS) is 12.7. The summed E-state index contributed by atoms with van der Waals surface area (Å²) in [6.07, 6.45) is 1.07. The first-order chi connectivity index (χ1) is 7.74. The minimum absolute atomic E-state index is 0.418. The molecular weight excluding hydrogens is 198 g/mol. The zero-order chi connectivity index (χ0) is 11.8. The van der Waals surface area contributed by atoms with Crippen LogP contribution in [-0.2, 0) is 4.74 Å². The first-order valence-electron chi connectivity index (χ1n) is 6.11. The van der Waals surface area contributed by atoms with Gasteiger partial charge in [-0.25, -0.2) is 0 Å². The van der Waals surface area contributed by atoms with E-state index in [0.29, 0.717) is 6.04 Å². The van der Waals surface area contributed by atoms with Crippen LogP contribution in [-0.4, -0.2) is 19.8 Å². The van der Waals surface area contributed by atoms with Crippen LogP contribution in [0, 0.1) is 6.92 Å². The fraction of sp³-hybridized carbons (Fsp3) is 0.571. The highest BCUT2D eigenvalue weighted by Gasteiger charge is 2.03. The van der Waals surface area contributed by atoms with E-state index in [4.69, 9.17) is 4.74 Å². The van der Waals surface area contributed by atoms with E-state index in [9.17, 15) is 0 Å². The van der Waals surface area contributed by atoms with Crippen LogP contribution in [0.2, 0.25) is 0 Å². The molecule has 16 heavy (non-hydrogen) atoms. The Morgan fingerprint density at radius 3 is 2.88 bits per heavy atom. The third-order valence-corrected chi connectivity index (χ3v) is 2.66. The van der Waals surface area contributed by atoms with Crippen LogP contribution in [0.15, 0.2) is 24.3 Å². The zero-order valence-corrected chi connectivity index (χ0v) is 10.6. The van der Waals surface area contributed by atoms with E-state index in [1.165, 1.54) is 11.1 Å². The summed E-state index contributed by atoms with van der Waals surface area (Å²) < 4.78 is 5.30. The number of hydrogen-bond donors (Lipinski definition) is 1. The van der Waals surface area contributed by atoms with Gasteiger partial charge in [-0.2, -0.15) is 0 Å². The van der Waals surface area contributed by atoms with Crippen LogP contribution in [0.1, 0.15) is 37.4 Å². The summed E-state index contributed by atoms with van der Waals surface area (Å²) in [4.78, 5) is 0. The van der Waals surface area contributed by atoms with Gasteiger partial charge in [-0.05, 0) is 39.3 Å². The predicted molar refractivity (Wildman–Crippen MR) is 68.7 cm³/mol. The minimum atomic E-state index is 0.418. The topological polar surface area (TPSA) is 21.3 Å². The third kappa shape index (κ3) is 4.77. The van der Waals surface area contributed by atoms with Crippen LogP contribution < -0.4 is 5.32 Å². The molecule has 0 heterocycles. The molecule has 0 spiro atoms. The molecule has 1 aromatic rings. The van der Waals surface area contributed by atoms with Crippen LogP contribution in [0.4, 0.5) is 0 Å². The van der Waals surface area contributed by atoms with Gasteiger partial charge in [0.2, 0.25) is 0 Å². The molecule has 0 saturated heterocycles. The van der Waals surface area contributed by atoms with E-state index in [1.54, 1.807) is 0 Å². The van der Waals surface area contributed by atoms with Gasteiger partial charge in [-0.15, -0.1) is 0 Å². The lowest BCUT2D eigenvalue weighted by Crippen LogP contribution is -2.21. The Morgan fingerprint density at radius 1 is 1.38 bits per heavy atom. The maximum atomic E-state index is 5.30. The second-order valence-corrected chi connectivity index (χ2v) is 4.14. The first kappa shape index (κ1) is 13.2. The van der Waals surface area contributed by atoms with Crippen molar-refractivity contribution in [3.8, 4) is 0 Å². The van der Waals surface area contributed by atoms with Gasteiger partial charge < -0.3 is 10.1 Å². The van der Waals surface area contributed by atoms with E-state index in [-0.39, 0.29) is 0 Å². The quantitative estimate of drug-likeness (QED) is 0.714. The van der Waals surface area contributed by atoms with E-state index in [2.05, 4.69) is 43.4 Å². The Bertz CT molecular complexity index is 299. The van der Waals surface area contributed by atoms with Crippen molar-refractivity contribution in [1.29, 1.82) is 0 Å². The van der Waals surface area contributed by atoms with Crippen molar-refractivity contribution in [3.63, 3.8) is 0 Å². The molecule has 1 N–H and O–H groups in total. The van der Waals surface area contributed by atoms with Crippen LogP contribution in [0.25, 0.3) is 0 Å². The second-order valence-electron chi connectivity index (χ2n) is 4.14. The van der Waals surface area contributed by atoms with Crippen LogP contribution in [0.3, 0.4) is 0 Å². The predicted octanol–water partition coefficient (Wildman–Crippen LogP) is 3.07. The fourth-order valence-electron chi connectivity index (χ4n) is 1.69. The van der Waals surface area contributed by atoms with E-state index >= 15 is 0 Å². The minimum Gasteiger partial charge on any atom is -0.382 e. The van der Waals surface area contributed by atoms with Gasteiger partial charge in [0.25, 0.3) is 0 Å². The summed E-state index contributed by atoms with van der Waals surface area (Å²) in [6, 6.07) is 9.07. The highest BCUT2D eigenvalue weighted by atomic mass is 16.5. The Hall–Kier alpha value is -0.860. The van der Waals surface area contributed by atoms with Crippen molar-refractivity contribution in [2.24, 2.45) is 0 Å². The van der Waals surface area contributed by atoms with E-state index in [0.717, 1.165) is 26.2 Å². The average molecular weight is 221 g/mol. The molecule has 0 radical (unpaired) electrons. The summed E-state index contributed by atoms with van der Waals surface area (Å²) in [6.45, 7) is 9.04. The highest BCUT2D eigenvalue weighted by molar-refractivity contribution is 5.24. The maximum absolute atomic E-state index is 5.30. The molecule has 1 rings (SSSR count). The third-order valence-electron chi connectivity index (χ3n) is 2.66. The lowest BCUT2D eigenvalue weighted by molar-refractivity contribution is 0.144. The largest absolute Gasteiger partial charge is 0.382 e. The molecular formula is C14H23NO. The second kappa shape index (κ2) is 7.42. The Morgan fingerprint density at radius 2 is 2.19 bits per heavy atom. The number of ether oxygens (including phenoxy) is 1. The van der Waals surface area contributed by atoms with Crippen molar-refractivity contribution >= 4 is 0 Å². The van der Waals surface area contributed by atoms with E-state index < -0.39 is 0 Å². The monoisotopic (exact) mass is 221 g/mol. The maximum Gasteiger partial charge on any atom is 0.0477 e. The average Bonchev–Trinajstić information content (AvgIpc) is 2.28. The Balaban J connectivity index is 2.27. The summed E-state index contributed by atoms with van der Waals surface area (Å²) in [5.41, 5.74) is 2.68. The molecule has 2 heteroatoms. The molecule has 0 aliphatic heterocycles. The SMILES string of the molecule is CCOCCCNC(C)c1cccc(C)c1. The lowest BCUT2D eigenvalue weighted by atomic mass is 10.1. The molecule has 0 aromatic heterocycles. The molecule has 0 fully saturated rings. The van der Waals surface area contributed by atoms with Gasteiger partial charge in [0.05, 0.1) is 0 Å². The molecule has 2 nitrogen and oxygen atoms in total. The summed E-state index contributed by atoms with van der Waals surface area (Å²) >= 11 is 0. The number of aryl methyl sites for hydroxylation is 1. The zero-order valence-electron chi connectivity index (χ0n) is 10.6. The van der Waals surface area contributed by atoms with Crippen molar-refractivity contribution < 1.29 is 4.74 Å². The lowest BCUT2D eigenvalue weighted by Gasteiger charge is -2.14. The standard InChI is InChI=1S/C14H23NO/c1-4-16-10-6-9-15-13(3)14-8-5-7-12(2)11-14/h5,7-8,11,13,15H,4,6,9-10H2,1-3H3. The molecule has 0 aliphatic carbocycles. The van der Waals surface area contributed by atoms with Gasteiger partial charge in [0, 0.05) is 19.3 Å². The summed E-state index contributed by atoms with van der Waals surface area (Å²) in [5.74, 6) is 0. The molecule has 90 valence electrons. The fourth-order valence-corrected chi connectivity index (χ4v) is 1.69. The van der Waals surface area contributed by atoms with Crippen molar-refractivity contribution in [2.75, 3.05) is 19.8 Å². The van der Waals surface area contributed by atoms with Gasteiger partial charge >= 0.3 is 0 Å². The number of benzene rings is 1. The molecule has 1 aromatic carbocycles. The Kier molecular flexibility index (Phi) is 6.12. The first-order valence-corrected chi connectivity index (χ1v) is 6.11. The van der Waals surface area contributed by atoms with Crippen molar-refractivity contribution in [1.82, 2.24) is 5.32 Å². The van der Waals surface area contributed by atoms with Gasteiger partial charge in [-0.1, -0.05) is 29.8 Å². The van der Waals surface area contributed by atoms with Gasteiger partial charge in [-0.3, -0.25) is 0 Å². The van der Waals surface area contributed by atoms with Gasteiger partial charge in [0.15, 0.2) is 0 Å². The smallest absolute Gasteiger partial charge is 0.0477 e. The van der Waals surface area contributed by atoms with Crippen molar-refractivity contribution in [2.45, 2.75) is 33.2 Å². The highest BCUT2D eigenvalue weighted by Crippen LogP contribution is 2.13. The summed E-state index contributed by atoms with van der Waals surface area (Å²) in [7, 11) is 0. The molecule has 1 atom stereocenters. The van der Waals surface area contributed by atoms with Crippen LogP contribution >= 0.6 is 0 Å². The summed E-state index contributed by atoms with van der Waals surface area (Å²) in [5, 5.41) is 3.51. The molecule has 1 unspecified atom stereocenters.